The average Bonchev–Trinajstić information content (AvgIpc) is 2.84. The van der Waals surface area contributed by atoms with Gasteiger partial charge in [-0.05, 0) is 24.4 Å². The summed E-state index contributed by atoms with van der Waals surface area (Å²) in [6.45, 7) is 4.56. The highest BCUT2D eigenvalue weighted by Gasteiger charge is 2.12. The summed E-state index contributed by atoms with van der Waals surface area (Å²) in [6.07, 6.45) is 4.93. The molecule has 2 heterocycles. The summed E-state index contributed by atoms with van der Waals surface area (Å²) in [4.78, 5) is 12.7. The van der Waals surface area contributed by atoms with Gasteiger partial charge in [0.25, 0.3) is 0 Å². The molecule has 110 valence electrons. The standard InChI is InChI=1S/C13H20ClN5O/c1-3-4-7-19-9-16-12-10(19)11(17-13(14)18-12)15-6-5-8-20-2/h9H,3-8H2,1-2H3,(H,15,17,18). The molecule has 7 heteroatoms. The molecule has 0 fully saturated rings. The maximum Gasteiger partial charge on any atom is 0.226 e. The number of methoxy groups -OCH3 is 1. The minimum atomic E-state index is 0.215. The highest BCUT2D eigenvalue weighted by Crippen LogP contribution is 2.22. The van der Waals surface area contributed by atoms with Crippen LogP contribution in [-0.4, -0.2) is 39.8 Å². The second-order valence-corrected chi connectivity index (χ2v) is 4.92. The van der Waals surface area contributed by atoms with Crippen molar-refractivity contribution in [3.63, 3.8) is 0 Å². The van der Waals surface area contributed by atoms with E-state index in [4.69, 9.17) is 16.3 Å². The first-order valence-electron chi connectivity index (χ1n) is 6.87. The van der Waals surface area contributed by atoms with Gasteiger partial charge in [-0.15, -0.1) is 0 Å². The van der Waals surface area contributed by atoms with Crippen LogP contribution >= 0.6 is 11.6 Å². The van der Waals surface area contributed by atoms with Crippen molar-refractivity contribution in [1.29, 1.82) is 0 Å². The van der Waals surface area contributed by atoms with E-state index in [0.717, 1.165) is 43.7 Å². The van der Waals surface area contributed by atoms with Gasteiger partial charge < -0.3 is 14.6 Å². The molecule has 0 radical (unpaired) electrons. The Morgan fingerprint density at radius 1 is 1.35 bits per heavy atom. The van der Waals surface area contributed by atoms with E-state index in [-0.39, 0.29) is 5.28 Å². The molecule has 0 saturated carbocycles. The molecule has 0 aliphatic carbocycles. The summed E-state index contributed by atoms with van der Waals surface area (Å²) in [6, 6.07) is 0. The third-order valence-corrected chi connectivity index (χ3v) is 3.18. The number of imidazole rings is 1. The smallest absolute Gasteiger partial charge is 0.226 e. The lowest BCUT2D eigenvalue weighted by Gasteiger charge is -2.09. The molecule has 0 unspecified atom stereocenters. The van der Waals surface area contributed by atoms with Crippen LogP contribution in [0.3, 0.4) is 0 Å². The van der Waals surface area contributed by atoms with Crippen molar-refractivity contribution in [3.8, 4) is 0 Å². The lowest BCUT2D eigenvalue weighted by atomic mass is 10.3. The zero-order valence-corrected chi connectivity index (χ0v) is 12.7. The van der Waals surface area contributed by atoms with E-state index in [2.05, 4.69) is 31.8 Å². The molecule has 2 rings (SSSR count). The van der Waals surface area contributed by atoms with Crippen LogP contribution in [0.25, 0.3) is 11.2 Å². The Hall–Kier alpha value is -1.40. The highest BCUT2D eigenvalue weighted by atomic mass is 35.5. The summed E-state index contributed by atoms with van der Waals surface area (Å²) in [5, 5.41) is 3.51. The molecule has 2 aromatic rings. The van der Waals surface area contributed by atoms with E-state index >= 15 is 0 Å². The number of ether oxygens (including phenoxy) is 1. The summed E-state index contributed by atoms with van der Waals surface area (Å²) in [5.41, 5.74) is 1.55. The molecule has 0 spiro atoms. The molecule has 0 aromatic carbocycles. The van der Waals surface area contributed by atoms with Crippen LogP contribution in [0.4, 0.5) is 5.82 Å². The van der Waals surface area contributed by atoms with Crippen LogP contribution in [-0.2, 0) is 11.3 Å². The highest BCUT2D eigenvalue weighted by molar-refractivity contribution is 6.28. The van der Waals surface area contributed by atoms with Gasteiger partial charge in [-0.1, -0.05) is 13.3 Å². The predicted molar refractivity (Wildman–Crippen MR) is 80.2 cm³/mol. The van der Waals surface area contributed by atoms with E-state index in [1.807, 2.05) is 0 Å². The minimum absolute atomic E-state index is 0.215. The summed E-state index contributed by atoms with van der Waals surface area (Å²) in [5.74, 6) is 0.740. The second-order valence-electron chi connectivity index (χ2n) is 4.58. The van der Waals surface area contributed by atoms with Crippen LogP contribution in [0, 0.1) is 0 Å². The van der Waals surface area contributed by atoms with E-state index < -0.39 is 0 Å². The molecular formula is C13H20ClN5O. The van der Waals surface area contributed by atoms with Crippen molar-refractivity contribution in [2.45, 2.75) is 32.7 Å². The van der Waals surface area contributed by atoms with Crippen LogP contribution in [0.1, 0.15) is 26.2 Å². The Labute approximate surface area is 123 Å². The monoisotopic (exact) mass is 297 g/mol. The molecule has 1 N–H and O–H groups in total. The molecule has 0 amide bonds. The molecule has 0 aliphatic rings. The Morgan fingerprint density at radius 2 is 2.20 bits per heavy atom. The molecule has 0 atom stereocenters. The number of hydrogen-bond donors (Lipinski definition) is 1. The van der Waals surface area contributed by atoms with Crippen LogP contribution < -0.4 is 5.32 Å². The van der Waals surface area contributed by atoms with E-state index in [1.54, 1.807) is 13.4 Å². The largest absolute Gasteiger partial charge is 0.385 e. The van der Waals surface area contributed by atoms with Crippen molar-refractivity contribution in [3.05, 3.63) is 11.6 Å². The lowest BCUT2D eigenvalue weighted by Crippen LogP contribution is -2.09. The lowest BCUT2D eigenvalue weighted by molar-refractivity contribution is 0.198. The maximum atomic E-state index is 5.94. The van der Waals surface area contributed by atoms with Gasteiger partial charge >= 0.3 is 0 Å². The fraction of sp³-hybridized carbons (Fsp3) is 0.615. The third kappa shape index (κ3) is 3.58. The molecule has 0 aliphatic heterocycles. The number of unbranched alkanes of at least 4 members (excludes halogenated alkanes) is 1. The zero-order chi connectivity index (χ0) is 14.4. The third-order valence-electron chi connectivity index (χ3n) is 3.02. The molecular weight excluding hydrogens is 278 g/mol. The predicted octanol–water partition coefficient (Wildman–Crippen LogP) is 2.73. The van der Waals surface area contributed by atoms with Gasteiger partial charge in [0.05, 0.1) is 6.33 Å². The molecule has 0 saturated heterocycles. The first-order valence-corrected chi connectivity index (χ1v) is 7.25. The van der Waals surface area contributed by atoms with Gasteiger partial charge in [-0.2, -0.15) is 9.97 Å². The summed E-state index contributed by atoms with van der Waals surface area (Å²) in [7, 11) is 1.69. The number of nitrogens with one attached hydrogen (secondary N) is 1. The van der Waals surface area contributed by atoms with Crippen molar-refractivity contribution in [1.82, 2.24) is 19.5 Å². The quantitative estimate of drug-likeness (QED) is 0.599. The first kappa shape index (κ1) is 15.0. The van der Waals surface area contributed by atoms with Gasteiger partial charge in [0.15, 0.2) is 11.5 Å². The number of rotatable bonds is 8. The van der Waals surface area contributed by atoms with Gasteiger partial charge in [0.1, 0.15) is 5.52 Å². The number of anilines is 1. The summed E-state index contributed by atoms with van der Waals surface area (Å²) >= 11 is 5.94. The Morgan fingerprint density at radius 3 is 2.95 bits per heavy atom. The number of nitrogens with zero attached hydrogens (tertiary/aromatic N) is 4. The molecule has 6 nitrogen and oxygen atoms in total. The number of fused-ring (bicyclic) bond motifs is 1. The molecule has 2 aromatic heterocycles. The Kier molecular flexibility index (Phi) is 5.55. The molecule has 20 heavy (non-hydrogen) atoms. The number of halogens is 1. The van der Waals surface area contributed by atoms with Crippen molar-refractivity contribution in [2.24, 2.45) is 0 Å². The van der Waals surface area contributed by atoms with Crippen LogP contribution in [0.2, 0.25) is 5.28 Å². The maximum absolute atomic E-state index is 5.94. The van der Waals surface area contributed by atoms with Gasteiger partial charge in [-0.3, -0.25) is 0 Å². The first-order chi connectivity index (χ1) is 9.76. The van der Waals surface area contributed by atoms with Crippen LogP contribution in [0.5, 0.6) is 0 Å². The minimum Gasteiger partial charge on any atom is -0.385 e. The number of hydrogen-bond acceptors (Lipinski definition) is 5. The van der Waals surface area contributed by atoms with Crippen molar-refractivity contribution >= 4 is 28.6 Å². The zero-order valence-electron chi connectivity index (χ0n) is 11.9. The SMILES string of the molecule is CCCCn1cnc2nc(Cl)nc(NCCCOC)c21. The molecule has 0 bridgehead atoms. The van der Waals surface area contributed by atoms with E-state index in [9.17, 15) is 0 Å². The van der Waals surface area contributed by atoms with Gasteiger partial charge in [-0.25, -0.2) is 4.98 Å². The normalized spacial score (nSPS) is 11.2. The second kappa shape index (κ2) is 7.40. The van der Waals surface area contributed by atoms with Crippen LogP contribution in [0.15, 0.2) is 6.33 Å². The fourth-order valence-corrected chi connectivity index (χ4v) is 2.16. The van der Waals surface area contributed by atoms with Crippen molar-refractivity contribution in [2.75, 3.05) is 25.6 Å². The van der Waals surface area contributed by atoms with Gasteiger partial charge in [0.2, 0.25) is 5.28 Å². The van der Waals surface area contributed by atoms with E-state index in [1.165, 1.54) is 0 Å². The van der Waals surface area contributed by atoms with Crippen molar-refractivity contribution < 1.29 is 4.74 Å². The Bertz CT molecular complexity index is 557. The van der Waals surface area contributed by atoms with Gasteiger partial charge in [0, 0.05) is 26.8 Å². The summed E-state index contributed by atoms with van der Waals surface area (Å²) < 4.78 is 7.11. The van der Waals surface area contributed by atoms with E-state index in [0.29, 0.717) is 12.3 Å². The average molecular weight is 298 g/mol. The topological polar surface area (TPSA) is 64.9 Å². The number of aryl methyl sites for hydroxylation is 1. The fourth-order valence-electron chi connectivity index (χ4n) is 2.00. The number of aromatic nitrogens is 4. The Balaban J connectivity index is 2.22.